The molecule has 0 atom stereocenters. The van der Waals surface area contributed by atoms with Crippen LogP contribution in [-0.2, 0) is 5.75 Å². The van der Waals surface area contributed by atoms with Crippen molar-refractivity contribution in [2.24, 2.45) is 0 Å². The van der Waals surface area contributed by atoms with Gasteiger partial charge in [-0.05, 0) is 42.3 Å². The molecule has 2 aromatic carbocycles. The van der Waals surface area contributed by atoms with Gasteiger partial charge in [0.1, 0.15) is 5.75 Å². The third kappa shape index (κ3) is 4.64. The van der Waals surface area contributed by atoms with Gasteiger partial charge >= 0.3 is 0 Å². The molecule has 20 heavy (non-hydrogen) atoms. The van der Waals surface area contributed by atoms with Gasteiger partial charge in [-0.1, -0.05) is 24.3 Å². The van der Waals surface area contributed by atoms with E-state index in [9.17, 15) is 0 Å². The van der Waals surface area contributed by atoms with E-state index in [-0.39, 0.29) is 0 Å². The lowest BCUT2D eigenvalue weighted by Crippen LogP contribution is -2.00. The molecule has 2 nitrogen and oxygen atoms in total. The Bertz CT molecular complexity index is 604. The van der Waals surface area contributed by atoms with E-state index in [1.807, 2.05) is 48.2 Å². The van der Waals surface area contributed by atoms with Crippen molar-refractivity contribution in [2.45, 2.75) is 12.7 Å². The van der Waals surface area contributed by atoms with Crippen molar-refractivity contribution in [1.82, 2.24) is 0 Å². The number of hydrogen-bond donors (Lipinski definition) is 0. The van der Waals surface area contributed by atoms with Gasteiger partial charge in [-0.3, -0.25) is 0 Å². The fourth-order valence-electron chi connectivity index (χ4n) is 1.84. The SMILES string of the molecule is Cc1cccc(OCCSCc2cccc(C#N)c2)c1. The van der Waals surface area contributed by atoms with Crippen LogP contribution >= 0.6 is 11.8 Å². The van der Waals surface area contributed by atoms with Gasteiger partial charge < -0.3 is 4.74 Å². The van der Waals surface area contributed by atoms with E-state index in [2.05, 4.69) is 25.1 Å². The number of rotatable bonds is 6. The van der Waals surface area contributed by atoms with Crippen LogP contribution in [0.25, 0.3) is 0 Å². The Balaban J connectivity index is 1.70. The smallest absolute Gasteiger partial charge is 0.119 e. The summed E-state index contributed by atoms with van der Waals surface area (Å²) in [6, 6.07) is 18.0. The Labute approximate surface area is 124 Å². The monoisotopic (exact) mass is 283 g/mol. The van der Waals surface area contributed by atoms with E-state index >= 15 is 0 Å². The predicted molar refractivity (Wildman–Crippen MR) is 84.0 cm³/mol. The summed E-state index contributed by atoms with van der Waals surface area (Å²) in [5, 5.41) is 8.84. The van der Waals surface area contributed by atoms with Crippen molar-refractivity contribution in [3.63, 3.8) is 0 Å². The average Bonchev–Trinajstić information content (AvgIpc) is 2.47. The first-order valence-electron chi connectivity index (χ1n) is 6.54. The van der Waals surface area contributed by atoms with E-state index in [1.54, 1.807) is 0 Å². The summed E-state index contributed by atoms with van der Waals surface area (Å²) < 4.78 is 5.70. The van der Waals surface area contributed by atoms with E-state index in [0.717, 1.165) is 22.8 Å². The van der Waals surface area contributed by atoms with E-state index in [1.165, 1.54) is 11.1 Å². The van der Waals surface area contributed by atoms with Crippen LogP contribution in [0.1, 0.15) is 16.7 Å². The number of benzene rings is 2. The van der Waals surface area contributed by atoms with Crippen LogP contribution in [0, 0.1) is 18.3 Å². The summed E-state index contributed by atoms with van der Waals surface area (Å²) in [5.74, 6) is 2.77. The number of thioether (sulfide) groups is 1. The second-order valence-electron chi connectivity index (χ2n) is 4.53. The number of nitriles is 1. The van der Waals surface area contributed by atoms with Crippen molar-refractivity contribution < 1.29 is 4.74 Å². The molecule has 0 aromatic heterocycles. The third-order valence-electron chi connectivity index (χ3n) is 2.81. The summed E-state index contributed by atoms with van der Waals surface area (Å²) in [7, 11) is 0. The van der Waals surface area contributed by atoms with E-state index in [4.69, 9.17) is 10.00 Å². The molecule has 0 saturated heterocycles. The fraction of sp³-hybridized carbons (Fsp3) is 0.235. The molecule has 0 spiro atoms. The van der Waals surface area contributed by atoms with Gasteiger partial charge in [0.15, 0.2) is 0 Å². The van der Waals surface area contributed by atoms with Gasteiger partial charge in [0.2, 0.25) is 0 Å². The van der Waals surface area contributed by atoms with Gasteiger partial charge in [-0.2, -0.15) is 17.0 Å². The highest BCUT2D eigenvalue weighted by atomic mass is 32.2. The fourth-order valence-corrected chi connectivity index (χ4v) is 2.61. The van der Waals surface area contributed by atoms with Crippen LogP contribution in [0.5, 0.6) is 5.75 Å². The summed E-state index contributed by atoms with van der Waals surface area (Å²) in [6.45, 7) is 2.76. The van der Waals surface area contributed by atoms with E-state index < -0.39 is 0 Å². The maximum atomic E-state index is 8.84. The minimum absolute atomic E-state index is 0.700. The van der Waals surface area contributed by atoms with Gasteiger partial charge in [0.25, 0.3) is 0 Å². The topological polar surface area (TPSA) is 33.0 Å². The Morgan fingerprint density at radius 1 is 1.15 bits per heavy atom. The zero-order valence-electron chi connectivity index (χ0n) is 11.5. The normalized spacial score (nSPS) is 10.0. The summed E-state index contributed by atoms with van der Waals surface area (Å²) in [6.07, 6.45) is 0. The summed E-state index contributed by atoms with van der Waals surface area (Å²) in [5.41, 5.74) is 3.12. The van der Waals surface area contributed by atoms with Crippen molar-refractivity contribution >= 4 is 11.8 Å². The average molecular weight is 283 g/mol. The highest BCUT2D eigenvalue weighted by Gasteiger charge is 1.97. The molecule has 0 aliphatic rings. The van der Waals surface area contributed by atoms with Gasteiger partial charge in [0, 0.05) is 11.5 Å². The minimum atomic E-state index is 0.700. The lowest BCUT2D eigenvalue weighted by Gasteiger charge is -2.07. The standard InChI is InChI=1S/C17H17NOS/c1-14-4-2-7-17(10-14)19-8-9-20-13-16-6-3-5-15(11-16)12-18/h2-7,10-11H,8-9,13H2,1H3. The molecule has 102 valence electrons. The second kappa shape index (κ2) is 7.62. The number of aryl methyl sites for hydroxylation is 1. The molecule has 2 aromatic rings. The summed E-state index contributed by atoms with van der Waals surface area (Å²) >= 11 is 1.81. The van der Waals surface area contributed by atoms with Crippen molar-refractivity contribution in [3.8, 4) is 11.8 Å². The molecule has 0 N–H and O–H groups in total. The van der Waals surface area contributed by atoms with Crippen molar-refractivity contribution in [3.05, 3.63) is 65.2 Å². The lowest BCUT2D eigenvalue weighted by atomic mass is 10.2. The van der Waals surface area contributed by atoms with Gasteiger partial charge in [-0.15, -0.1) is 0 Å². The zero-order valence-corrected chi connectivity index (χ0v) is 12.3. The summed E-state index contributed by atoms with van der Waals surface area (Å²) in [4.78, 5) is 0. The highest BCUT2D eigenvalue weighted by molar-refractivity contribution is 7.98. The molecule has 3 heteroatoms. The predicted octanol–water partition coefficient (Wildman–Crippen LogP) is 4.18. The molecule has 0 heterocycles. The molecule has 0 aliphatic heterocycles. The Morgan fingerprint density at radius 2 is 2.00 bits per heavy atom. The van der Waals surface area contributed by atoms with Crippen LogP contribution in [-0.4, -0.2) is 12.4 Å². The molecule has 0 fully saturated rings. The first kappa shape index (κ1) is 14.5. The maximum Gasteiger partial charge on any atom is 0.119 e. The molecular weight excluding hydrogens is 266 g/mol. The van der Waals surface area contributed by atoms with Crippen molar-refractivity contribution in [2.75, 3.05) is 12.4 Å². The molecule has 0 bridgehead atoms. The largest absolute Gasteiger partial charge is 0.493 e. The van der Waals surface area contributed by atoms with Gasteiger partial charge in [0.05, 0.1) is 18.2 Å². The van der Waals surface area contributed by atoms with Crippen LogP contribution in [0.4, 0.5) is 0 Å². The van der Waals surface area contributed by atoms with E-state index in [0.29, 0.717) is 6.61 Å². The van der Waals surface area contributed by atoms with Crippen LogP contribution in [0.2, 0.25) is 0 Å². The Morgan fingerprint density at radius 3 is 2.80 bits per heavy atom. The first-order valence-corrected chi connectivity index (χ1v) is 7.69. The minimum Gasteiger partial charge on any atom is -0.493 e. The molecule has 0 radical (unpaired) electrons. The number of hydrogen-bond acceptors (Lipinski definition) is 3. The second-order valence-corrected chi connectivity index (χ2v) is 5.63. The molecule has 0 unspecified atom stereocenters. The molecular formula is C17H17NOS. The van der Waals surface area contributed by atoms with Crippen molar-refractivity contribution in [1.29, 1.82) is 5.26 Å². The number of ether oxygens (including phenoxy) is 1. The molecule has 0 amide bonds. The molecule has 0 aliphatic carbocycles. The lowest BCUT2D eigenvalue weighted by molar-refractivity contribution is 0.343. The maximum absolute atomic E-state index is 8.84. The Hall–Kier alpha value is -1.92. The third-order valence-corrected chi connectivity index (χ3v) is 3.80. The molecule has 0 saturated carbocycles. The number of nitrogens with zero attached hydrogens (tertiary/aromatic N) is 1. The van der Waals surface area contributed by atoms with Crippen LogP contribution in [0.15, 0.2) is 48.5 Å². The molecule has 2 rings (SSSR count). The zero-order chi connectivity index (χ0) is 14.2. The van der Waals surface area contributed by atoms with Crippen LogP contribution in [0.3, 0.4) is 0 Å². The highest BCUT2D eigenvalue weighted by Crippen LogP contribution is 2.15. The van der Waals surface area contributed by atoms with Gasteiger partial charge in [-0.25, -0.2) is 0 Å². The van der Waals surface area contributed by atoms with Crippen LogP contribution < -0.4 is 4.74 Å². The quantitative estimate of drug-likeness (QED) is 0.746. The first-order chi connectivity index (χ1) is 9.78. The Kier molecular flexibility index (Phi) is 5.52.